The topological polar surface area (TPSA) is 23.5 Å². The van der Waals surface area contributed by atoms with E-state index in [-0.39, 0.29) is 6.10 Å². The zero-order chi connectivity index (χ0) is 12.4. The fraction of sp³-hybridized carbons (Fsp3) is 0.625. The number of hydrogen-bond donors (Lipinski definition) is 1. The molecule has 0 bridgehead atoms. The molecule has 1 aliphatic carbocycles. The smallest absolute Gasteiger partial charge is 0.0543 e. The van der Waals surface area contributed by atoms with E-state index in [0.29, 0.717) is 0 Å². The zero-order valence-corrected chi connectivity index (χ0v) is 11.0. The maximum atomic E-state index is 9.74. The lowest BCUT2D eigenvalue weighted by molar-refractivity contribution is 0.0181. The fourth-order valence-corrected chi connectivity index (χ4v) is 3.65. The van der Waals surface area contributed by atoms with E-state index in [1.807, 2.05) is 0 Å². The van der Waals surface area contributed by atoms with Gasteiger partial charge in [-0.05, 0) is 49.6 Å². The predicted octanol–water partition coefficient (Wildman–Crippen LogP) is 2.67. The number of benzene rings is 1. The van der Waals surface area contributed by atoms with Crippen LogP contribution in [-0.4, -0.2) is 29.2 Å². The summed E-state index contributed by atoms with van der Waals surface area (Å²) in [6.45, 7) is 3.52. The minimum atomic E-state index is -0.0214. The summed E-state index contributed by atoms with van der Waals surface area (Å²) in [5.74, 6) is 1.60. The standard InChI is InChI=1S/C16H23NO/c18-16-7-6-15-12-17(9-8-14(15)10-16)11-13-4-2-1-3-5-13/h1-5,14-16,18H,6-12H2/t14-,15+,16?/m0/s1. The molecule has 2 nitrogen and oxygen atoms in total. The van der Waals surface area contributed by atoms with Gasteiger partial charge >= 0.3 is 0 Å². The van der Waals surface area contributed by atoms with E-state index in [4.69, 9.17) is 0 Å². The lowest BCUT2D eigenvalue weighted by Crippen LogP contribution is -2.43. The van der Waals surface area contributed by atoms with Crippen molar-refractivity contribution in [1.29, 1.82) is 0 Å². The van der Waals surface area contributed by atoms with Crippen molar-refractivity contribution in [2.45, 2.75) is 38.3 Å². The minimum Gasteiger partial charge on any atom is -0.393 e. The lowest BCUT2D eigenvalue weighted by Gasteiger charge is -2.42. The highest BCUT2D eigenvalue weighted by Gasteiger charge is 2.33. The molecule has 98 valence electrons. The number of likely N-dealkylation sites (tertiary alicyclic amines) is 1. The van der Waals surface area contributed by atoms with Gasteiger partial charge in [0.1, 0.15) is 0 Å². The van der Waals surface area contributed by atoms with Gasteiger partial charge < -0.3 is 5.11 Å². The van der Waals surface area contributed by atoms with Crippen molar-refractivity contribution in [3.63, 3.8) is 0 Å². The Morgan fingerprint density at radius 3 is 2.72 bits per heavy atom. The van der Waals surface area contributed by atoms with Gasteiger partial charge in [0.25, 0.3) is 0 Å². The summed E-state index contributed by atoms with van der Waals surface area (Å²) in [7, 11) is 0. The summed E-state index contributed by atoms with van der Waals surface area (Å²) in [5, 5.41) is 9.74. The molecule has 1 N–H and O–H groups in total. The number of aliphatic hydroxyl groups is 1. The molecule has 1 saturated carbocycles. The van der Waals surface area contributed by atoms with Crippen LogP contribution in [0.15, 0.2) is 30.3 Å². The highest BCUT2D eigenvalue weighted by atomic mass is 16.3. The molecule has 1 saturated heterocycles. The van der Waals surface area contributed by atoms with E-state index in [1.54, 1.807) is 0 Å². The molecule has 3 rings (SSSR count). The second kappa shape index (κ2) is 5.41. The van der Waals surface area contributed by atoms with E-state index in [2.05, 4.69) is 35.2 Å². The first-order valence-electron chi connectivity index (χ1n) is 7.25. The Balaban J connectivity index is 1.58. The van der Waals surface area contributed by atoms with Crippen LogP contribution in [0.25, 0.3) is 0 Å². The highest BCUT2D eigenvalue weighted by Crippen LogP contribution is 2.36. The van der Waals surface area contributed by atoms with Crippen molar-refractivity contribution < 1.29 is 5.11 Å². The van der Waals surface area contributed by atoms with Gasteiger partial charge in [-0.25, -0.2) is 0 Å². The maximum absolute atomic E-state index is 9.74. The molecule has 2 fully saturated rings. The highest BCUT2D eigenvalue weighted by molar-refractivity contribution is 5.14. The molecule has 0 spiro atoms. The Labute approximate surface area is 110 Å². The molecule has 1 unspecified atom stereocenters. The molecular formula is C16H23NO. The number of hydrogen-bond acceptors (Lipinski definition) is 2. The zero-order valence-electron chi connectivity index (χ0n) is 11.0. The van der Waals surface area contributed by atoms with Crippen LogP contribution in [0.4, 0.5) is 0 Å². The third kappa shape index (κ3) is 2.76. The molecule has 0 radical (unpaired) electrons. The number of aliphatic hydroxyl groups excluding tert-OH is 1. The van der Waals surface area contributed by atoms with E-state index >= 15 is 0 Å². The summed E-state index contributed by atoms with van der Waals surface area (Å²) in [5.41, 5.74) is 1.42. The Bertz CT molecular complexity index is 378. The van der Waals surface area contributed by atoms with Gasteiger partial charge in [-0.1, -0.05) is 30.3 Å². The van der Waals surface area contributed by atoms with Gasteiger partial charge in [0.15, 0.2) is 0 Å². The van der Waals surface area contributed by atoms with Crippen molar-refractivity contribution in [3.05, 3.63) is 35.9 Å². The number of nitrogens with zero attached hydrogens (tertiary/aromatic N) is 1. The molecule has 3 atom stereocenters. The Kier molecular flexibility index (Phi) is 3.67. The van der Waals surface area contributed by atoms with E-state index in [1.165, 1.54) is 31.5 Å². The van der Waals surface area contributed by atoms with Crippen molar-refractivity contribution in [1.82, 2.24) is 4.90 Å². The van der Waals surface area contributed by atoms with E-state index in [0.717, 1.165) is 31.2 Å². The predicted molar refractivity (Wildman–Crippen MR) is 73.2 cm³/mol. The quantitative estimate of drug-likeness (QED) is 0.866. The summed E-state index contributed by atoms with van der Waals surface area (Å²) >= 11 is 0. The average molecular weight is 245 g/mol. The van der Waals surface area contributed by atoms with Crippen molar-refractivity contribution in [3.8, 4) is 0 Å². The second-order valence-corrected chi connectivity index (χ2v) is 6.00. The monoisotopic (exact) mass is 245 g/mol. The van der Waals surface area contributed by atoms with Crippen LogP contribution in [0.2, 0.25) is 0 Å². The van der Waals surface area contributed by atoms with Crippen molar-refractivity contribution in [2.75, 3.05) is 13.1 Å². The molecular weight excluding hydrogens is 222 g/mol. The summed E-state index contributed by atoms with van der Waals surface area (Å²) in [6.07, 6.45) is 4.53. The van der Waals surface area contributed by atoms with Gasteiger partial charge in [-0.2, -0.15) is 0 Å². The van der Waals surface area contributed by atoms with Gasteiger partial charge in [-0.15, -0.1) is 0 Å². The van der Waals surface area contributed by atoms with Crippen LogP contribution in [0, 0.1) is 11.8 Å². The van der Waals surface area contributed by atoms with Gasteiger partial charge in [0.2, 0.25) is 0 Å². The first-order chi connectivity index (χ1) is 8.81. The first kappa shape index (κ1) is 12.2. The third-order valence-corrected chi connectivity index (χ3v) is 4.67. The molecule has 1 aromatic rings. The van der Waals surface area contributed by atoms with Crippen LogP contribution in [0.3, 0.4) is 0 Å². The van der Waals surface area contributed by atoms with E-state index in [9.17, 15) is 5.11 Å². The molecule has 2 aliphatic rings. The molecule has 0 amide bonds. The summed E-state index contributed by atoms with van der Waals surface area (Å²) in [4.78, 5) is 2.59. The summed E-state index contributed by atoms with van der Waals surface area (Å²) in [6, 6.07) is 10.8. The minimum absolute atomic E-state index is 0.0214. The van der Waals surface area contributed by atoms with Crippen molar-refractivity contribution >= 4 is 0 Å². The van der Waals surface area contributed by atoms with E-state index < -0.39 is 0 Å². The third-order valence-electron chi connectivity index (χ3n) is 4.67. The number of fused-ring (bicyclic) bond motifs is 1. The normalized spacial score (nSPS) is 33.1. The average Bonchev–Trinajstić information content (AvgIpc) is 2.40. The van der Waals surface area contributed by atoms with Gasteiger partial charge in [0, 0.05) is 13.1 Å². The van der Waals surface area contributed by atoms with Crippen LogP contribution in [0.5, 0.6) is 0 Å². The van der Waals surface area contributed by atoms with Crippen molar-refractivity contribution in [2.24, 2.45) is 11.8 Å². The molecule has 18 heavy (non-hydrogen) atoms. The van der Waals surface area contributed by atoms with Crippen LogP contribution in [-0.2, 0) is 6.54 Å². The van der Waals surface area contributed by atoms with Crippen LogP contribution in [0.1, 0.15) is 31.2 Å². The Morgan fingerprint density at radius 2 is 1.89 bits per heavy atom. The van der Waals surface area contributed by atoms with Crippen LogP contribution >= 0.6 is 0 Å². The fourth-order valence-electron chi connectivity index (χ4n) is 3.65. The van der Waals surface area contributed by atoms with Gasteiger partial charge in [0.05, 0.1) is 6.10 Å². The largest absolute Gasteiger partial charge is 0.393 e. The van der Waals surface area contributed by atoms with Gasteiger partial charge in [-0.3, -0.25) is 4.90 Å². The summed E-state index contributed by atoms with van der Waals surface area (Å²) < 4.78 is 0. The molecule has 0 aromatic heterocycles. The Hall–Kier alpha value is -0.860. The number of rotatable bonds is 2. The lowest BCUT2D eigenvalue weighted by atomic mass is 9.74. The maximum Gasteiger partial charge on any atom is 0.0543 e. The Morgan fingerprint density at radius 1 is 1.06 bits per heavy atom. The molecule has 1 heterocycles. The first-order valence-corrected chi connectivity index (χ1v) is 7.25. The molecule has 1 aromatic carbocycles. The molecule has 1 aliphatic heterocycles. The second-order valence-electron chi connectivity index (χ2n) is 6.00. The SMILES string of the molecule is OC1CC[C@@H]2CN(Cc3ccccc3)CC[C@H]2C1. The molecule has 2 heteroatoms. The van der Waals surface area contributed by atoms with Crippen LogP contribution < -0.4 is 0 Å². The number of piperidine rings is 1.